The minimum atomic E-state index is -0.290. The van der Waals surface area contributed by atoms with Gasteiger partial charge in [0.1, 0.15) is 11.3 Å². The van der Waals surface area contributed by atoms with Crippen LogP contribution in [0.15, 0.2) is 91.1 Å². The van der Waals surface area contributed by atoms with Gasteiger partial charge < -0.3 is 10.1 Å². The van der Waals surface area contributed by atoms with Crippen molar-refractivity contribution in [2.45, 2.75) is 13.5 Å². The lowest BCUT2D eigenvalue weighted by Crippen LogP contribution is -2.24. The van der Waals surface area contributed by atoms with Crippen molar-refractivity contribution in [2.24, 2.45) is 0 Å². The zero-order chi connectivity index (χ0) is 20.8. The number of nitrogens with zero attached hydrogens (tertiary/aromatic N) is 2. The van der Waals surface area contributed by atoms with E-state index in [0.717, 1.165) is 16.7 Å². The van der Waals surface area contributed by atoms with E-state index in [4.69, 9.17) is 4.74 Å². The van der Waals surface area contributed by atoms with Crippen LogP contribution < -0.4 is 10.1 Å². The number of amides is 1. The quantitative estimate of drug-likeness (QED) is 0.489. The smallest absolute Gasteiger partial charge is 0.258 e. The molecule has 0 aliphatic heterocycles. The van der Waals surface area contributed by atoms with Gasteiger partial charge >= 0.3 is 0 Å². The number of rotatable bonds is 6. The Morgan fingerprint density at radius 3 is 2.30 bits per heavy atom. The van der Waals surface area contributed by atoms with Crippen molar-refractivity contribution >= 4 is 5.91 Å². The molecule has 0 radical (unpaired) electrons. The summed E-state index contributed by atoms with van der Waals surface area (Å²) in [5, 5.41) is 2.92. The highest BCUT2D eigenvalue weighted by molar-refractivity contribution is 5.96. The monoisotopic (exact) mass is 395 g/mol. The summed E-state index contributed by atoms with van der Waals surface area (Å²) < 4.78 is 6.06. The van der Waals surface area contributed by atoms with Crippen LogP contribution in [0.2, 0.25) is 0 Å². The highest BCUT2D eigenvalue weighted by atomic mass is 16.5. The predicted molar refractivity (Wildman–Crippen MR) is 116 cm³/mol. The molecule has 0 saturated carbocycles. The minimum Gasteiger partial charge on any atom is -0.438 e. The lowest BCUT2D eigenvalue weighted by atomic mass is 10.2. The fourth-order valence-corrected chi connectivity index (χ4v) is 2.97. The van der Waals surface area contributed by atoms with Crippen LogP contribution >= 0.6 is 0 Å². The Labute approximate surface area is 175 Å². The molecule has 30 heavy (non-hydrogen) atoms. The van der Waals surface area contributed by atoms with Gasteiger partial charge in [-0.15, -0.1) is 0 Å². The summed E-state index contributed by atoms with van der Waals surface area (Å²) >= 11 is 0. The molecule has 0 bridgehead atoms. The van der Waals surface area contributed by atoms with E-state index in [1.54, 1.807) is 0 Å². The third-order valence-corrected chi connectivity index (χ3v) is 4.63. The van der Waals surface area contributed by atoms with Gasteiger partial charge in [0.05, 0.1) is 0 Å². The van der Waals surface area contributed by atoms with E-state index in [-0.39, 0.29) is 17.4 Å². The van der Waals surface area contributed by atoms with Crippen LogP contribution in [0.25, 0.3) is 11.4 Å². The standard InChI is InChI=1S/C25H21N3O2/c1-18-10-8-9-15-22(18)30-25-21(24(29)27-16-19-11-4-2-5-12-19)17-26-23(28-25)20-13-6-3-7-14-20/h2-15,17H,16H2,1H3,(H,27,29). The first-order valence-electron chi connectivity index (χ1n) is 9.69. The normalized spacial score (nSPS) is 10.4. The predicted octanol–water partition coefficient (Wildman–Crippen LogP) is 5.17. The molecule has 3 aromatic carbocycles. The average Bonchev–Trinajstić information content (AvgIpc) is 2.80. The summed E-state index contributed by atoms with van der Waals surface area (Å²) in [5.74, 6) is 1.08. The first-order valence-corrected chi connectivity index (χ1v) is 9.69. The van der Waals surface area contributed by atoms with Gasteiger partial charge in [0.15, 0.2) is 5.82 Å². The number of nitrogens with one attached hydrogen (secondary N) is 1. The van der Waals surface area contributed by atoms with Crippen LogP contribution in [-0.2, 0) is 6.54 Å². The highest BCUT2D eigenvalue weighted by Gasteiger charge is 2.18. The maximum atomic E-state index is 12.9. The molecule has 0 atom stereocenters. The molecule has 5 heteroatoms. The van der Waals surface area contributed by atoms with Crippen molar-refractivity contribution in [1.29, 1.82) is 0 Å². The SMILES string of the molecule is Cc1ccccc1Oc1nc(-c2ccccc2)ncc1C(=O)NCc1ccccc1. The van der Waals surface area contributed by atoms with E-state index in [0.29, 0.717) is 18.1 Å². The van der Waals surface area contributed by atoms with Crippen molar-refractivity contribution < 1.29 is 9.53 Å². The third-order valence-electron chi connectivity index (χ3n) is 4.63. The molecule has 1 N–H and O–H groups in total. The molecule has 0 aliphatic rings. The van der Waals surface area contributed by atoms with Crippen LogP contribution in [0.4, 0.5) is 0 Å². The maximum absolute atomic E-state index is 12.9. The summed E-state index contributed by atoms with van der Waals surface area (Å²) in [7, 11) is 0. The molecular formula is C25H21N3O2. The number of hydrogen-bond acceptors (Lipinski definition) is 4. The molecule has 1 amide bonds. The Hall–Kier alpha value is -3.99. The van der Waals surface area contributed by atoms with E-state index in [1.165, 1.54) is 6.20 Å². The summed E-state index contributed by atoms with van der Waals surface area (Å²) in [6.45, 7) is 2.35. The fraction of sp³-hybridized carbons (Fsp3) is 0.0800. The van der Waals surface area contributed by atoms with Crippen molar-refractivity contribution in [3.8, 4) is 23.0 Å². The van der Waals surface area contributed by atoms with E-state index in [2.05, 4.69) is 15.3 Å². The molecule has 0 aliphatic carbocycles. The molecule has 0 unspecified atom stereocenters. The molecule has 5 nitrogen and oxygen atoms in total. The van der Waals surface area contributed by atoms with Crippen molar-refractivity contribution in [3.05, 3.63) is 108 Å². The molecule has 4 rings (SSSR count). The van der Waals surface area contributed by atoms with Crippen LogP contribution in [0.1, 0.15) is 21.5 Å². The summed E-state index contributed by atoms with van der Waals surface area (Å²) in [5.41, 5.74) is 3.10. The lowest BCUT2D eigenvalue weighted by molar-refractivity contribution is 0.0947. The fourth-order valence-electron chi connectivity index (χ4n) is 2.97. The Kier molecular flexibility index (Phi) is 5.80. The summed E-state index contributed by atoms with van der Waals surface area (Å²) in [6, 6.07) is 27.0. The van der Waals surface area contributed by atoms with Gasteiger partial charge in [0.2, 0.25) is 5.88 Å². The zero-order valence-corrected chi connectivity index (χ0v) is 16.6. The average molecular weight is 395 g/mol. The van der Waals surface area contributed by atoms with Crippen molar-refractivity contribution in [1.82, 2.24) is 15.3 Å². The molecule has 0 saturated heterocycles. The van der Waals surface area contributed by atoms with E-state index < -0.39 is 0 Å². The van der Waals surface area contributed by atoms with Gasteiger partial charge in [0.25, 0.3) is 5.91 Å². The van der Waals surface area contributed by atoms with E-state index >= 15 is 0 Å². The summed E-state index contributed by atoms with van der Waals surface area (Å²) in [6.07, 6.45) is 1.52. The largest absolute Gasteiger partial charge is 0.438 e. The van der Waals surface area contributed by atoms with Crippen LogP contribution in [0, 0.1) is 6.92 Å². The third kappa shape index (κ3) is 4.52. The van der Waals surface area contributed by atoms with Gasteiger partial charge in [-0.05, 0) is 24.1 Å². The van der Waals surface area contributed by atoms with E-state index in [9.17, 15) is 4.79 Å². The number of aromatic nitrogens is 2. The molecule has 0 fully saturated rings. The first kappa shape index (κ1) is 19.3. The first-order chi connectivity index (χ1) is 14.7. The second-order valence-electron chi connectivity index (χ2n) is 6.81. The number of benzene rings is 3. The summed E-state index contributed by atoms with van der Waals surface area (Å²) in [4.78, 5) is 21.8. The van der Waals surface area contributed by atoms with Crippen LogP contribution in [0.5, 0.6) is 11.6 Å². The zero-order valence-electron chi connectivity index (χ0n) is 16.6. The minimum absolute atomic E-state index is 0.226. The topological polar surface area (TPSA) is 64.1 Å². The molecular weight excluding hydrogens is 374 g/mol. The molecule has 0 spiro atoms. The molecule has 148 valence electrons. The van der Waals surface area contributed by atoms with Crippen molar-refractivity contribution in [2.75, 3.05) is 0 Å². The van der Waals surface area contributed by atoms with Crippen LogP contribution in [0.3, 0.4) is 0 Å². The highest BCUT2D eigenvalue weighted by Crippen LogP contribution is 2.28. The van der Waals surface area contributed by atoms with Gasteiger partial charge in [-0.3, -0.25) is 4.79 Å². The Morgan fingerprint density at radius 2 is 1.57 bits per heavy atom. The van der Waals surface area contributed by atoms with Crippen molar-refractivity contribution in [3.63, 3.8) is 0 Å². The number of hydrogen-bond donors (Lipinski definition) is 1. The van der Waals surface area contributed by atoms with Gasteiger partial charge in [-0.1, -0.05) is 78.9 Å². The lowest BCUT2D eigenvalue weighted by Gasteiger charge is -2.13. The van der Waals surface area contributed by atoms with Gasteiger partial charge in [0, 0.05) is 18.3 Å². The second-order valence-corrected chi connectivity index (χ2v) is 6.81. The Balaban J connectivity index is 1.66. The second kappa shape index (κ2) is 9.01. The number of carbonyl (C=O) groups excluding carboxylic acids is 1. The molecule has 1 aromatic heterocycles. The molecule has 4 aromatic rings. The number of ether oxygens (including phenoxy) is 1. The van der Waals surface area contributed by atoms with Gasteiger partial charge in [-0.2, -0.15) is 4.98 Å². The Bertz CT molecular complexity index is 1150. The van der Waals surface area contributed by atoms with E-state index in [1.807, 2.05) is 91.9 Å². The maximum Gasteiger partial charge on any atom is 0.258 e. The number of carbonyl (C=O) groups is 1. The Morgan fingerprint density at radius 1 is 0.900 bits per heavy atom. The van der Waals surface area contributed by atoms with Gasteiger partial charge in [-0.25, -0.2) is 4.98 Å². The van der Waals surface area contributed by atoms with Crippen LogP contribution in [-0.4, -0.2) is 15.9 Å². The number of para-hydroxylation sites is 1. The molecule has 1 heterocycles. The number of aryl methyl sites for hydroxylation is 1.